The summed E-state index contributed by atoms with van der Waals surface area (Å²) in [4.78, 5) is 29.0. The van der Waals surface area contributed by atoms with Crippen LogP contribution < -0.4 is 4.74 Å². The van der Waals surface area contributed by atoms with E-state index in [2.05, 4.69) is 10.1 Å². The predicted octanol–water partition coefficient (Wildman–Crippen LogP) is 4.24. The van der Waals surface area contributed by atoms with E-state index in [9.17, 15) is 9.59 Å². The molecule has 0 saturated carbocycles. The maximum absolute atomic E-state index is 12.4. The number of carbonyl (C=O) groups is 2. The van der Waals surface area contributed by atoms with E-state index in [4.69, 9.17) is 10.1 Å². The number of amidine groups is 2. The van der Waals surface area contributed by atoms with E-state index in [0.29, 0.717) is 21.4 Å². The van der Waals surface area contributed by atoms with E-state index in [0.717, 1.165) is 5.04 Å². The van der Waals surface area contributed by atoms with Crippen LogP contribution in [0.2, 0.25) is 0 Å². The summed E-state index contributed by atoms with van der Waals surface area (Å²) in [7, 11) is 0. The number of amides is 1. The number of thiophene rings is 1. The molecule has 0 fully saturated rings. The first kappa shape index (κ1) is 19.3. The van der Waals surface area contributed by atoms with Crippen LogP contribution in [0.15, 0.2) is 57.4 Å². The minimum absolute atomic E-state index is 0.00338. The van der Waals surface area contributed by atoms with Crippen molar-refractivity contribution in [2.75, 3.05) is 0 Å². The highest BCUT2D eigenvalue weighted by Crippen LogP contribution is 2.30. The Morgan fingerprint density at radius 1 is 1.24 bits per heavy atom. The van der Waals surface area contributed by atoms with Gasteiger partial charge in [0.2, 0.25) is 5.17 Å². The van der Waals surface area contributed by atoms with Gasteiger partial charge in [-0.15, -0.1) is 11.3 Å². The number of benzene rings is 1. The number of esters is 1. The Kier molecular flexibility index (Phi) is 5.16. The van der Waals surface area contributed by atoms with Crippen LogP contribution in [0.3, 0.4) is 0 Å². The number of hydrogen-bond acceptors (Lipinski definition) is 7. The molecule has 1 aromatic heterocycles. The lowest BCUT2D eigenvalue weighted by molar-refractivity contribution is -0.114. The minimum Gasteiger partial charge on any atom is -0.422 e. The number of thioether (sulfide) groups is 1. The molecule has 2 aliphatic heterocycles. The van der Waals surface area contributed by atoms with Gasteiger partial charge in [-0.1, -0.05) is 32.0 Å². The van der Waals surface area contributed by atoms with Crippen LogP contribution >= 0.6 is 23.1 Å². The molecular formula is C20H16N4O3S2. The number of aliphatic imine (C=N–C) groups is 1. The molecule has 2 aliphatic rings. The van der Waals surface area contributed by atoms with Crippen molar-refractivity contribution in [3.63, 3.8) is 0 Å². The summed E-state index contributed by atoms with van der Waals surface area (Å²) in [5.41, 5.74) is 0.846. The molecule has 0 spiro atoms. The van der Waals surface area contributed by atoms with E-state index in [1.165, 1.54) is 28.1 Å². The lowest BCUT2D eigenvalue weighted by Crippen LogP contribution is -2.35. The predicted molar refractivity (Wildman–Crippen MR) is 116 cm³/mol. The third-order valence-electron chi connectivity index (χ3n) is 4.09. The smallest absolute Gasteiger partial charge is 0.353 e. The van der Waals surface area contributed by atoms with Crippen molar-refractivity contribution >= 4 is 57.1 Å². The van der Waals surface area contributed by atoms with Gasteiger partial charge in [0.25, 0.3) is 5.91 Å². The second kappa shape index (κ2) is 7.76. The van der Waals surface area contributed by atoms with E-state index in [1.807, 2.05) is 19.2 Å². The van der Waals surface area contributed by atoms with Crippen molar-refractivity contribution < 1.29 is 14.3 Å². The van der Waals surface area contributed by atoms with Crippen molar-refractivity contribution in [3.05, 3.63) is 57.8 Å². The molecule has 7 nitrogen and oxygen atoms in total. The number of ether oxygens (including phenoxy) is 1. The van der Waals surface area contributed by atoms with Gasteiger partial charge in [0.05, 0.1) is 5.57 Å². The molecule has 0 aliphatic carbocycles. The van der Waals surface area contributed by atoms with Crippen LogP contribution in [0.5, 0.6) is 5.75 Å². The van der Waals surface area contributed by atoms with Crippen LogP contribution in [-0.4, -0.2) is 32.9 Å². The Balaban J connectivity index is 1.53. The molecule has 1 amide bonds. The van der Waals surface area contributed by atoms with Gasteiger partial charge >= 0.3 is 5.97 Å². The highest BCUT2D eigenvalue weighted by Gasteiger charge is 2.36. The summed E-state index contributed by atoms with van der Waals surface area (Å²) in [5.74, 6) is -0.299. The molecule has 0 atom stereocenters. The van der Waals surface area contributed by atoms with Crippen LogP contribution in [0.1, 0.15) is 29.1 Å². The van der Waals surface area contributed by atoms with Crippen molar-refractivity contribution in [1.82, 2.24) is 5.01 Å². The molecule has 0 bridgehead atoms. The average molecular weight is 425 g/mol. The van der Waals surface area contributed by atoms with Crippen molar-refractivity contribution in [2.24, 2.45) is 16.0 Å². The summed E-state index contributed by atoms with van der Waals surface area (Å²) in [6, 6.07) is 10.2. The van der Waals surface area contributed by atoms with E-state index >= 15 is 0 Å². The van der Waals surface area contributed by atoms with E-state index < -0.39 is 11.9 Å². The average Bonchev–Trinajstić information content (AvgIpc) is 3.36. The van der Waals surface area contributed by atoms with Gasteiger partial charge < -0.3 is 4.74 Å². The van der Waals surface area contributed by atoms with Crippen LogP contribution in [0.4, 0.5) is 0 Å². The Labute approximate surface area is 175 Å². The van der Waals surface area contributed by atoms with Gasteiger partial charge in [-0.05, 0) is 47.0 Å². The largest absolute Gasteiger partial charge is 0.422 e. The summed E-state index contributed by atoms with van der Waals surface area (Å²) in [5, 5.41) is 17.2. The highest BCUT2D eigenvalue weighted by molar-refractivity contribution is 8.27. The first-order chi connectivity index (χ1) is 13.9. The maximum atomic E-state index is 12.4. The Morgan fingerprint density at radius 3 is 2.66 bits per heavy atom. The molecule has 2 aromatic rings. The lowest BCUT2D eigenvalue weighted by Gasteiger charge is -2.20. The molecule has 0 saturated heterocycles. The second-order valence-electron chi connectivity index (χ2n) is 6.55. The Bertz CT molecular complexity index is 1080. The SMILES string of the molecule is CC(C)C1=NN2C(=N)C(=Cc3ccc(OC(=O)c4cccs4)cc3)C(=O)N=C2S1. The number of nitrogens with one attached hydrogen (secondary N) is 1. The normalized spacial score (nSPS) is 17.5. The molecule has 1 N–H and O–H groups in total. The van der Waals surface area contributed by atoms with Gasteiger partial charge in [-0.2, -0.15) is 15.1 Å². The third-order valence-corrected chi connectivity index (χ3v) is 6.15. The van der Waals surface area contributed by atoms with E-state index in [-0.39, 0.29) is 17.3 Å². The second-order valence-corrected chi connectivity index (χ2v) is 8.48. The zero-order chi connectivity index (χ0) is 20.5. The number of hydrazone groups is 1. The quantitative estimate of drug-likeness (QED) is 0.450. The molecule has 146 valence electrons. The Hall–Kier alpha value is -3.04. The topological polar surface area (TPSA) is 95.2 Å². The number of hydrogen-bond donors (Lipinski definition) is 1. The third kappa shape index (κ3) is 3.92. The number of nitrogens with zero attached hydrogens (tertiary/aromatic N) is 3. The number of carbonyl (C=O) groups excluding carboxylic acids is 2. The van der Waals surface area contributed by atoms with Gasteiger partial charge in [0.15, 0.2) is 5.84 Å². The van der Waals surface area contributed by atoms with Crippen LogP contribution in [-0.2, 0) is 4.79 Å². The summed E-state index contributed by atoms with van der Waals surface area (Å²) in [6.45, 7) is 4.00. The van der Waals surface area contributed by atoms with Crippen molar-refractivity contribution in [1.29, 1.82) is 5.41 Å². The summed E-state index contributed by atoms with van der Waals surface area (Å²) >= 11 is 2.63. The number of fused-ring (bicyclic) bond motifs is 1. The fourth-order valence-corrected chi connectivity index (χ4v) is 4.08. The molecule has 3 heterocycles. The van der Waals surface area contributed by atoms with Crippen LogP contribution in [0.25, 0.3) is 6.08 Å². The molecule has 4 rings (SSSR count). The van der Waals surface area contributed by atoms with Crippen molar-refractivity contribution in [2.45, 2.75) is 13.8 Å². The lowest BCUT2D eigenvalue weighted by atomic mass is 10.1. The maximum Gasteiger partial charge on any atom is 0.353 e. The van der Waals surface area contributed by atoms with Gasteiger partial charge in [0, 0.05) is 5.92 Å². The zero-order valence-corrected chi connectivity index (χ0v) is 17.2. The minimum atomic E-state index is -0.470. The van der Waals surface area contributed by atoms with Crippen LogP contribution in [0, 0.1) is 11.3 Å². The van der Waals surface area contributed by atoms with Gasteiger partial charge in [-0.25, -0.2) is 4.79 Å². The van der Waals surface area contributed by atoms with Gasteiger partial charge in [-0.3, -0.25) is 10.2 Å². The van der Waals surface area contributed by atoms with Gasteiger partial charge in [0.1, 0.15) is 15.7 Å². The molecule has 9 heteroatoms. The van der Waals surface area contributed by atoms with E-state index in [1.54, 1.807) is 42.5 Å². The summed E-state index contributed by atoms with van der Waals surface area (Å²) in [6.07, 6.45) is 1.59. The number of rotatable bonds is 4. The first-order valence-corrected chi connectivity index (χ1v) is 10.5. The Morgan fingerprint density at radius 2 is 2.00 bits per heavy atom. The van der Waals surface area contributed by atoms with Crippen molar-refractivity contribution in [3.8, 4) is 5.75 Å². The zero-order valence-electron chi connectivity index (χ0n) is 15.6. The standard InChI is InChI=1S/C20H16N4O3S2/c1-11(2)18-23-24-16(21)14(17(25)22-20(24)29-18)10-12-5-7-13(8-6-12)27-19(26)15-4-3-9-28-15/h3-11,21H,1-2H3. The fourth-order valence-electron chi connectivity index (χ4n) is 2.59. The molecule has 0 unspecified atom stereocenters. The summed E-state index contributed by atoms with van der Waals surface area (Å²) < 4.78 is 5.33. The fraction of sp³-hybridized carbons (Fsp3) is 0.150. The highest BCUT2D eigenvalue weighted by atomic mass is 32.2. The molecule has 1 aromatic carbocycles. The first-order valence-electron chi connectivity index (χ1n) is 8.78. The molecule has 0 radical (unpaired) electrons. The molecule has 29 heavy (non-hydrogen) atoms. The molecular weight excluding hydrogens is 408 g/mol. The monoisotopic (exact) mass is 424 g/mol.